The predicted molar refractivity (Wildman–Crippen MR) is 87.3 cm³/mol. The number of hydrogen-bond donors (Lipinski definition) is 1. The normalized spacial score (nSPS) is 11.2. The summed E-state index contributed by atoms with van der Waals surface area (Å²) in [6, 6.07) is 0. The Hall–Kier alpha value is -0.830. The molecule has 0 bridgehead atoms. The van der Waals surface area contributed by atoms with Gasteiger partial charge in [-0.2, -0.15) is 5.10 Å². The highest BCUT2D eigenvalue weighted by Gasteiger charge is 2.10. The second kappa shape index (κ2) is 9.98. The fraction of sp³-hybridized carbons (Fsp3) is 0.824. The molecule has 0 radical (unpaired) electrons. The zero-order chi connectivity index (χ0) is 14.8. The Bertz CT molecular complexity index is 369. The van der Waals surface area contributed by atoms with E-state index < -0.39 is 0 Å². The van der Waals surface area contributed by atoms with Crippen molar-refractivity contribution in [1.82, 2.24) is 15.1 Å². The van der Waals surface area contributed by atoms with Crippen LogP contribution < -0.4 is 5.32 Å². The van der Waals surface area contributed by atoms with Crippen LogP contribution >= 0.6 is 0 Å². The van der Waals surface area contributed by atoms with Gasteiger partial charge < -0.3 is 5.32 Å². The molecular weight excluding hydrogens is 246 g/mol. The van der Waals surface area contributed by atoms with Crippen LogP contribution in [0.4, 0.5) is 0 Å². The molecule has 0 amide bonds. The van der Waals surface area contributed by atoms with Gasteiger partial charge in [0.05, 0.1) is 5.69 Å². The number of nitrogens with one attached hydrogen (secondary N) is 1. The van der Waals surface area contributed by atoms with Gasteiger partial charge in [-0.3, -0.25) is 4.68 Å². The molecule has 0 fully saturated rings. The second-order valence-corrected chi connectivity index (χ2v) is 5.74. The van der Waals surface area contributed by atoms with Crippen LogP contribution in [-0.4, -0.2) is 22.9 Å². The van der Waals surface area contributed by atoms with Gasteiger partial charge in [0, 0.05) is 12.2 Å². The van der Waals surface area contributed by atoms with Gasteiger partial charge in [-0.05, 0) is 45.3 Å². The molecule has 1 N–H and O–H groups in total. The molecule has 1 rings (SSSR count). The highest BCUT2D eigenvalue weighted by molar-refractivity contribution is 5.24. The van der Waals surface area contributed by atoms with Crippen molar-refractivity contribution in [2.45, 2.75) is 79.2 Å². The molecule has 0 spiro atoms. The van der Waals surface area contributed by atoms with Gasteiger partial charge in [-0.25, -0.2) is 0 Å². The van der Waals surface area contributed by atoms with Crippen LogP contribution in [0.15, 0.2) is 0 Å². The summed E-state index contributed by atoms with van der Waals surface area (Å²) in [5.41, 5.74) is 4.03. The molecule has 1 aromatic heterocycles. The van der Waals surface area contributed by atoms with Crippen molar-refractivity contribution in [3.05, 3.63) is 17.0 Å². The summed E-state index contributed by atoms with van der Waals surface area (Å²) in [7, 11) is 0. The lowest BCUT2D eigenvalue weighted by Crippen LogP contribution is -2.16. The maximum Gasteiger partial charge on any atom is 0.0628 e. The minimum Gasteiger partial charge on any atom is -0.317 e. The number of aryl methyl sites for hydroxylation is 2. The molecule has 0 aliphatic carbocycles. The van der Waals surface area contributed by atoms with Gasteiger partial charge >= 0.3 is 0 Å². The molecule has 3 heteroatoms. The molecule has 0 aliphatic heterocycles. The van der Waals surface area contributed by atoms with E-state index in [2.05, 4.69) is 37.7 Å². The molecular formula is C17H33N3. The minimum absolute atomic E-state index is 1.05. The number of aromatic nitrogens is 2. The van der Waals surface area contributed by atoms with Crippen molar-refractivity contribution in [2.75, 3.05) is 13.1 Å². The van der Waals surface area contributed by atoms with E-state index in [1.807, 2.05) is 0 Å². The lowest BCUT2D eigenvalue weighted by Gasteiger charge is -2.06. The van der Waals surface area contributed by atoms with Crippen molar-refractivity contribution in [3.63, 3.8) is 0 Å². The number of likely N-dealkylation sites (N-methyl/N-ethyl adjacent to an activating group) is 1. The molecule has 0 unspecified atom stereocenters. The average Bonchev–Trinajstić information content (AvgIpc) is 2.70. The van der Waals surface area contributed by atoms with Gasteiger partial charge in [0.2, 0.25) is 0 Å². The molecule has 0 aliphatic rings. The summed E-state index contributed by atoms with van der Waals surface area (Å²) >= 11 is 0. The van der Waals surface area contributed by atoms with Crippen molar-refractivity contribution >= 4 is 0 Å². The standard InChI is InChI=1S/C17H33N3/c1-5-7-8-9-10-11-14-20-16(4)17(15(3)19-20)12-13-18-6-2/h18H,5-14H2,1-4H3. The first-order valence-electron chi connectivity index (χ1n) is 8.44. The molecule has 1 aromatic rings. The third-order valence-electron chi connectivity index (χ3n) is 4.06. The fourth-order valence-corrected chi connectivity index (χ4v) is 2.75. The lowest BCUT2D eigenvalue weighted by atomic mass is 10.1. The van der Waals surface area contributed by atoms with Crippen LogP contribution in [0, 0.1) is 13.8 Å². The van der Waals surface area contributed by atoms with Crippen LogP contribution in [0.3, 0.4) is 0 Å². The van der Waals surface area contributed by atoms with Gasteiger partial charge in [-0.1, -0.05) is 46.0 Å². The quantitative estimate of drug-likeness (QED) is 0.620. The summed E-state index contributed by atoms with van der Waals surface area (Å²) in [6.45, 7) is 12.0. The molecule has 0 atom stereocenters. The van der Waals surface area contributed by atoms with Crippen molar-refractivity contribution in [1.29, 1.82) is 0 Å². The Morgan fingerprint density at radius 1 is 1.00 bits per heavy atom. The van der Waals surface area contributed by atoms with E-state index in [0.29, 0.717) is 0 Å². The second-order valence-electron chi connectivity index (χ2n) is 5.74. The monoisotopic (exact) mass is 279 g/mol. The summed E-state index contributed by atoms with van der Waals surface area (Å²) in [5, 5.41) is 8.11. The van der Waals surface area contributed by atoms with E-state index in [4.69, 9.17) is 5.10 Å². The Morgan fingerprint density at radius 3 is 2.40 bits per heavy atom. The van der Waals surface area contributed by atoms with E-state index in [9.17, 15) is 0 Å². The minimum atomic E-state index is 1.05. The molecule has 0 saturated carbocycles. The van der Waals surface area contributed by atoms with E-state index in [0.717, 1.165) is 26.1 Å². The average molecular weight is 279 g/mol. The highest BCUT2D eigenvalue weighted by Crippen LogP contribution is 2.15. The summed E-state index contributed by atoms with van der Waals surface area (Å²) < 4.78 is 2.22. The molecule has 20 heavy (non-hydrogen) atoms. The Balaban J connectivity index is 2.36. The van der Waals surface area contributed by atoms with Gasteiger partial charge in [0.15, 0.2) is 0 Å². The Labute approximate surface area is 125 Å². The lowest BCUT2D eigenvalue weighted by molar-refractivity contribution is 0.517. The zero-order valence-corrected chi connectivity index (χ0v) is 14.0. The van der Waals surface area contributed by atoms with Crippen molar-refractivity contribution < 1.29 is 0 Å². The summed E-state index contributed by atoms with van der Waals surface area (Å²) in [5.74, 6) is 0. The van der Waals surface area contributed by atoms with Gasteiger partial charge in [0.25, 0.3) is 0 Å². The maximum absolute atomic E-state index is 4.71. The first-order chi connectivity index (χ1) is 9.70. The topological polar surface area (TPSA) is 29.9 Å². The Kier molecular flexibility index (Phi) is 8.59. The van der Waals surface area contributed by atoms with E-state index in [1.54, 1.807) is 0 Å². The first-order valence-corrected chi connectivity index (χ1v) is 8.44. The smallest absolute Gasteiger partial charge is 0.0628 e. The number of hydrogen-bond acceptors (Lipinski definition) is 2. The highest BCUT2D eigenvalue weighted by atomic mass is 15.3. The summed E-state index contributed by atoms with van der Waals surface area (Å²) in [4.78, 5) is 0. The molecule has 1 heterocycles. The third kappa shape index (κ3) is 5.66. The predicted octanol–water partition coefficient (Wildman–Crippen LogP) is 4.01. The molecule has 116 valence electrons. The third-order valence-corrected chi connectivity index (χ3v) is 4.06. The van der Waals surface area contributed by atoms with Gasteiger partial charge in [0.1, 0.15) is 0 Å². The zero-order valence-electron chi connectivity index (χ0n) is 14.0. The molecule has 3 nitrogen and oxygen atoms in total. The number of unbranched alkanes of at least 4 members (excludes halogenated alkanes) is 5. The summed E-state index contributed by atoms with van der Waals surface area (Å²) in [6.07, 6.45) is 9.18. The van der Waals surface area contributed by atoms with Crippen LogP contribution in [0.5, 0.6) is 0 Å². The molecule has 0 saturated heterocycles. The van der Waals surface area contributed by atoms with E-state index in [1.165, 1.54) is 55.5 Å². The fourth-order valence-electron chi connectivity index (χ4n) is 2.75. The van der Waals surface area contributed by atoms with Crippen molar-refractivity contribution in [3.8, 4) is 0 Å². The number of nitrogens with zero attached hydrogens (tertiary/aromatic N) is 2. The Morgan fingerprint density at radius 2 is 1.70 bits per heavy atom. The van der Waals surface area contributed by atoms with E-state index >= 15 is 0 Å². The van der Waals surface area contributed by atoms with Gasteiger partial charge in [-0.15, -0.1) is 0 Å². The largest absolute Gasteiger partial charge is 0.317 e. The van der Waals surface area contributed by atoms with Crippen LogP contribution in [0.1, 0.15) is 69.3 Å². The van der Waals surface area contributed by atoms with Crippen LogP contribution in [0.2, 0.25) is 0 Å². The van der Waals surface area contributed by atoms with Crippen LogP contribution in [-0.2, 0) is 13.0 Å². The maximum atomic E-state index is 4.71. The first kappa shape index (κ1) is 17.2. The van der Waals surface area contributed by atoms with Crippen LogP contribution in [0.25, 0.3) is 0 Å². The SMILES string of the molecule is CCCCCCCCn1nc(C)c(CCNCC)c1C. The number of rotatable bonds is 11. The van der Waals surface area contributed by atoms with Crippen molar-refractivity contribution in [2.24, 2.45) is 0 Å². The molecule has 0 aromatic carbocycles. The van der Waals surface area contributed by atoms with E-state index in [-0.39, 0.29) is 0 Å².